The van der Waals surface area contributed by atoms with Crippen molar-refractivity contribution in [1.29, 1.82) is 0 Å². The Kier molecular flexibility index (Phi) is 3.50. The van der Waals surface area contributed by atoms with Gasteiger partial charge in [0, 0.05) is 28.7 Å². The fourth-order valence-corrected chi connectivity index (χ4v) is 3.87. The van der Waals surface area contributed by atoms with Gasteiger partial charge in [0.25, 0.3) is 0 Å². The van der Waals surface area contributed by atoms with Crippen LogP contribution < -0.4 is 5.73 Å². The van der Waals surface area contributed by atoms with E-state index in [1.165, 1.54) is 14.6 Å². The number of rotatable bonds is 4. The molecule has 98 valence electrons. The maximum atomic E-state index is 5.99. The van der Waals surface area contributed by atoms with Crippen LogP contribution >= 0.6 is 22.7 Å². The molecule has 3 aromatic heterocycles. The monoisotopic (exact) mass is 289 g/mol. The Morgan fingerprint density at radius 2 is 2.26 bits per heavy atom. The van der Waals surface area contributed by atoms with Gasteiger partial charge in [-0.2, -0.15) is 0 Å². The molecule has 2 N–H and O–H groups in total. The number of aryl methyl sites for hydroxylation is 1. The molecule has 0 radical (unpaired) electrons. The highest BCUT2D eigenvalue weighted by molar-refractivity contribution is 7.13. The summed E-state index contributed by atoms with van der Waals surface area (Å²) in [6.45, 7) is 2.70. The Morgan fingerprint density at radius 1 is 1.37 bits per heavy atom. The van der Waals surface area contributed by atoms with Crippen molar-refractivity contribution in [2.75, 3.05) is 6.54 Å². The zero-order valence-electron chi connectivity index (χ0n) is 10.6. The number of hydrogen-bond donors (Lipinski definition) is 1. The van der Waals surface area contributed by atoms with E-state index in [0.29, 0.717) is 6.54 Å². The first-order chi connectivity index (χ1) is 9.29. The first-order valence-corrected chi connectivity index (χ1v) is 7.82. The summed E-state index contributed by atoms with van der Waals surface area (Å²) in [6.07, 6.45) is 3.86. The lowest BCUT2D eigenvalue weighted by molar-refractivity contribution is 0.611. The van der Waals surface area contributed by atoms with E-state index in [9.17, 15) is 0 Å². The second-order valence-electron chi connectivity index (χ2n) is 4.34. The van der Waals surface area contributed by atoms with Crippen molar-refractivity contribution in [3.05, 3.63) is 51.8 Å². The second-order valence-corrected chi connectivity index (χ2v) is 6.60. The molecule has 0 aromatic carbocycles. The van der Waals surface area contributed by atoms with Gasteiger partial charge in [-0.3, -0.25) is 0 Å². The maximum Gasteiger partial charge on any atom is 0.150 e. The molecule has 5 heteroatoms. The van der Waals surface area contributed by atoms with Crippen LogP contribution in [0.3, 0.4) is 0 Å². The molecule has 0 aliphatic heterocycles. The Morgan fingerprint density at radius 3 is 2.89 bits per heavy atom. The van der Waals surface area contributed by atoms with Crippen molar-refractivity contribution in [2.45, 2.75) is 13.0 Å². The molecule has 0 saturated carbocycles. The normalized spacial score (nSPS) is 12.7. The van der Waals surface area contributed by atoms with E-state index >= 15 is 0 Å². The molecule has 0 aliphatic carbocycles. The summed E-state index contributed by atoms with van der Waals surface area (Å²) < 4.78 is 2.18. The minimum absolute atomic E-state index is 0.165. The van der Waals surface area contributed by atoms with Crippen molar-refractivity contribution in [2.24, 2.45) is 5.73 Å². The number of aromatic nitrogens is 2. The Bertz CT molecular complexity index is 652. The van der Waals surface area contributed by atoms with Gasteiger partial charge in [0.2, 0.25) is 0 Å². The van der Waals surface area contributed by atoms with E-state index < -0.39 is 0 Å². The lowest BCUT2D eigenvalue weighted by Gasteiger charge is -2.17. The SMILES string of the molecule is Cc1ccc(C(CN)n2ccnc2-c2cccs2)s1. The van der Waals surface area contributed by atoms with Gasteiger partial charge in [0.15, 0.2) is 5.82 Å². The lowest BCUT2D eigenvalue weighted by atomic mass is 10.2. The predicted octanol–water partition coefficient (Wildman–Crippen LogP) is 3.53. The highest BCUT2D eigenvalue weighted by Gasteiger charge is 2.18. The van der Waals surface area contributed by atoms with Crippen LogP contribution in [0.4, 0.5) is 0 Å². The molecule has 1 atom stereocenters. The smallest absolute Gasteiger partial charge is 0.150 e. The summed E-state index contributed by atoms with van der Waals surface area (Å²) in [5, 5.41) is 2.07. The number of nitrogens with two attached hydrogens (primary N) is 1. The van der Waals surface area contributed by atoms with E-state index in [1.54, 1.807) is 22.7 Å². The van der Waals surface area contributed by atoms with E-state index in [-0.39, 0.29) is 6.04 Å². The summed E-state index contributed by atoms with van der Waals surface area (Å²) in [4.78, 5) is 8.26. The highest BCUT2D eigenvalue weighted by atomic mass is 32.1. The molecule has 19 heavy (non-hydrogen) atoms. The van der Waals surface area contributed by atoms with Crippen LogP contribution in [-0.4, -0.2) is 16.1 Å². The van der Waals surface area contributed by atoms with Gasteiger partial charge in [0.05, 0.1) is 10.9 Å². The summed E-state index contributed by atoms with van der Waals surface area (Å²) in [7, 11) is 0. The van der Waals surface area contributed by atoms with Gasteiger partial charge < -0.3 is 10.3 Å². The second kappa shape index (κ2) is 5.28. The van der Waals surface area contributed by atoms with Crippen LogP contribution in [0.25, 0.3) is 10.7 Å². The Balaban J connectivity index is 2.03. The van der Waals surface area contributed by atoms with Crippen LogP contribution in [-0.2, 0) is 0 Å². The van der Waals surface area contributed by atoms with E-state index in [4.69, 9.17) is 5.73 Å². The van der Waals surface area contributed by atoms with Gasteiger partial charge in [-0.05, 0) is 30.5 Å². The summed E-state index contributed by atoms with van der Waals surface area (Å²) >= 11 is 3.50. The zero-order valence-corrected chi connectivity index (χ0v) is 12.2. The van der Waals surface area contributed by atoms with Crippen molar-refractivity contribution < 1.29 is 0 Å². The standard InChI is InChI=1S/C14H15N3S2/c1-10-4-5-12(19-10)11(9-15)17-7-6-16-14(17)13-3-2-8-18-13/h2-8,11H,9,15H2,1H3. The van der Waals surface area contributed by atoms with E-state index in [0.717, 1.165) is 5.82 Å². The topological polar surface area (TPSA) is 43.8 Å². The third-order valence-electron chi connectivity index (χ3n) is 3.06. The molecule has 3 heterocycles. The first kappa shape index (κ1) is 12.6. The molecular formula is C14H15N3S2. The predicted molar refractivity (Wildman–Crippen MR) is 81.8 cm³/mol. The summed E-state index contributed by atoms with van der Waals surface area (Å²) in [5.41, 5.74) is 5.99. The summed E-state index contributed by atoms with van der Waals surface area (Å²) in [5.74, 6) is 0.997. The van der Waals surface area contributed by atoms with Gasteiger partial charge in [-0.15, -0.1) is 22.7 Å². The molecule has 3 rings (SSSR count). The fourth-order valence-electron chi connectivity index (χ4n) is 2.16. The van der Waals surface area contributed by atoms with Crippen molar-refractivity contribution in [1.82, 2.24) is 9.55 Å². The summed E-state index contributed by atoms with van der Waals surface area (Å²) in [6, 6.07) is 8.61. The minimum Gasteiger partial charge on any atom is -0.328 e. The molecule has 3 aromatic rings. The molecule has 0 bridgehead atoms. The zero-order chi connectivity index (χ0) is 13.2. The first-order valence-electron chi connectivity index (χ1n) is 6.12. The Hall–Kier alpha value is -1.43. The van der Waals surface area contributed by atoms with Crippen LogP contribution in [0, 0.1) is 6.92 Å². The number of thiophene rings is 2. The van der Waals surface area contributed by atoms with Crippen LogP contribution in [0.1, 0.15) is 15.8 Å². The van der Waals surface area contributed by atoms with E-state index in [2.05, 4.69) is 40.1 Å². The van der Waals surface area contributed by atoms with Crippen LogP contribution in [0.2, 0.25) is 0 Å². The third kappa shape index (κ3) is 2.36. The largest absolute Gasteiger partial charge is 0.328 e. The van der Waals surface area contributed by atoms with Crippen molar-refractivity contribution in [3.63, 3.8) is 0 Å². The quantitative estimate of drug-likeness (QED) is 0.798. The van der Waals surface area contributed by atoms with Crippen LogP contribution in [0.5, 0.6) is 0 Å². The maximum absolute atomic E-state index is 5.99. The van der Waals surface area contributed by atoms with Crippen molar-refractivity contribution in [3.8, 4) is 10.7 Å². The average molecular weight is 289 g/mol. The number of imidazole rings is 1. The fraction of sp³-hybridized carbons (Fsp3) is 0.214. The molecule has 0 amide bonds. The molecule has 0 aliphatic rings. The lowest BCUT2D eigenvalue weighted by Crippen LogP contribution is -2.19. The van der Waals surface area contributed by atoms with Gasteiger partial charge >= 0.3 is 0 Å². The number of hydrogen-bond acceptors (Lipinski definition) is 4. The number of nitrogens with zero attached hydrogens (tertiary/aromatic N) is 2. The molecule has 0 saturated heterocycles. The molecule has 0 spiro atoms. The Labute approximate surface area is 120 Å². The van der Waals surface area contributed by atoms with Gasteiger partial charge in [-0.25, -0.2) is 4.98 Å². The molecule has 3 nitrogen and oxygen atoms in total. The average Bonchev–Trinajstić information content (AvgIpc) is 3.10. The van der Waals surface area contributed by atoms with E-state index in [1.807, 2.05) is 18.5 Å². The van der Waals surface area contributed by atoms with Gasteiger partial charge in [0.1, 0.15) is 0 Å². The van der Waals surface area contributed by atoms with Crippen LogP contribution in [0.15, 0.2) is 42.0 Å². The third-order valence-corrected chi connectivity index (χ3v) is 5.03. The highest BCUT2D eigenvalue weighted by Crippen LogP contribution is 2.30. The molecule has 1 unspecified atom stereocenters. The van der Waals surface area contributed by atoms with Gasteiger partial charge in [-0.1, -0.05) is 6.07 Å². The molecular weight excluding hydrogens is 274 g/mol. The van der Waals surface area contributed by atoms with Crippen molar-refractivity contribution >= 4 is 22.7 Å². The molecule has 0 fully saturated rings. The minimum atomic E-state index is 0.165.